The molecular weight excluding hydrogens is 545 g/mol. The molecule has 4 aromatic rings. The summed E-state index contributed by atoms with van der Waals surface area (Å²) in [4.78, 5) is 23.6. The Bertz CT molecular complexity index is 1440. The van der Waals surface area contributed by atoms with Gasteiger partial charge in [-0.25, -0.2) is 5.43 Å². The molecule has 0 aliphatic heterocycles. The van der Waals surface area contributed by atoms with E-state index in [1.165, 1.54) is 66.8 Å². The monoisotopic (exact) mass is 568 g/mol. The van der Waals surface area contributed by atoms with E-state index in [2.05, 4.69) is 51.1 Å². The average Bonchev–Trinajstić information content (AvgIpc) is 3.38. The molecule has 0 atom stereocenters. The summed E-state index contributed by atoms with van der Waals surface area (Å²) in [6.45, 7) is 1.29. The predicted molar refractivity (Wildman–Crippen MR) is 151 cm³/mol. The smallest absolute Gasteiger partial charge is 0.308 e. The highest BCUT2D eigenvalue weighted by Crippen LogP contribution is 2.38. The predicted octanol–water partition coefficient (Wildman–Crippen LogP) is 5.17. The number of fused-ring (bicyclic) bond motifs is 1. The van der Waals surface area contributed by atoms with E-state index in [4.69, 9.17) is 14.2 Å². The molecule has 0 aliphatic rings. The summed E-state index contributed by atoms with van der Waals surface area (Å²) in [7, 11) is 2.89. The molecule has 0 unspecified atom stereocenters. The zero-order valence-electron chi connectivity index (χ0n) is 20.8. The second-order valence-electron chi connectivity index (χ2n) is 7.69. The van der Waals surface area contributed by atoms with Gasteiger partial charge in [0.25, 0.3) is 5.91 Å². The average molecular weight is 569 g/mol. The number of aromatic nitrogens is 2. The van der Waals surface area contributed by atoms with Gasteiger partial charge >= 0.3 is 5.97 Å². The van der Waals surface area contributed by atoms with E-state index < -0.39 is 5.97 Å². The number of hydrogen-bond donors (Lipinski definition) is 1. The number of hydrogen-bond acceptors (Lipinski definition) is 11. The molecule has 0 bridgehead atoms. The van der Waals surface area contributed by atoms with Gasteiger partial charge in [-0.15, -0.1) is 10.2 Å². The van der Waals surface area contributed by atoms with Crippen LogP contribution in [0.3, 0.4) is 0 Å². The first-order valence-corrected chi connectivity index (χ1v) is 14.1. The third-order valence-corrected chi connectivity index (χ3v) is 8.32. The molecule has 4 rings (SSSR count). The zero-order valence-corrected chi connectivity index (χ0v) is 23.2. The number of ether oxygens (including phenoxy) is 3. The van der Waals surface area contributed by atoms with Gasteiger partial charge < -0.3 is 14.2 Å². The normalized spacial score (nSPS) is 11.0. The first-order valence-electron chi connectivity index (χ1n) is 11.3. The largest absolute Gasteiger partial charge is 0.493 e. The topological polar surface area (TPSA) is 112 Å². The van der Waals surface area contributed by atoms with Crippen molar-refractivity contribution in [1.82, 2.24) is 15.6 Å². The molecule has 0 fully saturated rings. The molecule has 3 aromatic carbocycles. The summed E-state index contributed by atoms with van der Waals surface area (Å²) in [5.41, 5.74) is 4.31. The molecule has 0 spiro atoms. The van der Waals surface area contributed by atoms with Crippen LogP contribution in [-0.2, 0) is 15.3 Å². The number of nitrogens with zero attached hydrogens (tertiary/aromatic N) is 3. The Kier molecular flexibility index (Phi) is 9.57. The number of benzene rings is 3. The maximum atomic E-state index is 12.3. The fourth-order valence-electron chi connectivity index (χ4n) is 3.43. The second kappa shape index (κ2) is 13.3. The number of hydrazone groups is 1. The number of esters is 1. The minimum Gasteiger partial charge on any atom is -0.493 e. The standard InChI is InChI=1S/C26H24N4O5S3/c1-16(31)35-24-21(33-2)11-17(12-22(24)34-3)13-27-28-23(32)15-37-26-30-29-25(38-26)36-14-19-9-6-8-18-7-4-5-10-20(18)19/h4-13H,14-15H2,1-3H3,(H,28,32)/b27-13-. The maximum absolute atomic E-state index is 12.3. The van der Waals surface area contributed by atoms with Crippen molar-refractivity contribution >= 4 is 63.7 Å². The Labute approximate surface area is 232 Å². The van der Waals surface area contributed by atoms with Crippen LogP contribution in [0, 0.1) is 0 Å². The number of carbonyl (C=O) groups is 2. The molecule has 0 aliphatic carbocycles. The summed E-state index contributed by atoms with van der Waals surface area (Å²) < 4.78 is 17.3. The molecule has 12 heteroatoms. The highest BCUT2D eigenvalue weighted by molar-refractivity contribution is 8.03. The minimum absolute atomic E-state index is 0.137. The fourth-order valence-corrected chi connectivity index (χ4v) is 6.25. The van der Waals surface area contributed by atoms with Crippen LogP contribution in [0.15, 0.2) is 68.4 Å². The van der Waals surface area contributed by atoms with Gasteiger partial charge in [0, 0.05) is 18.2 Å². The van der Waals surface area contributed by atoms with E-state index in [0.29, 0.717) is 21.4 Å². The second-order valence-corrected chi connectivity index (χ2v) is 11.1. The number of nitrogens with one attached hydrogen (secondary N) is 1. The van der Waals surface area contributed by atoms with Crippen LogP contribution in [0.4, 0.5) is 0 Å². The van der Waals surface area contributed by atoms with Gasteiger partial charge in [0.15, 0.2) is 20.2 Å². The van der Waals surface area contributed by atoms with E-state index in [-0.39, 0.29) is 17.4 Å². The highest BCUT2D eigenvalue weighted by atomic mass is 32.2. The van der Waals surface area contributed by atoms with E-state index in [1.807, 2.05) is 12.1 Å². The van der Waals surface area contributed by atoms with Crippen molar-refractivity contribution in [3.05, 3.63) is 65.7 Å². The van der Waals surface area contributed by atoms with Crippen LogP contribution in [0.5, 0.6) is 17.2 Å². The summed E-state index contributed by atoms with van der Waals surface area (Å²) in [5.74, 6) is 0.902. The van der Waals surface area contributed by atoms with Crippen LogP contribution < -0.4 is 19.6 Å². The van der Waals surface area contributed by atoms with Crippen molar-refractivity contribution in [2.45, 2.75) is 21.4 Å². The van der Waals surface area contributed by atoms with Crippen LogP contribution in [0.2, 0.25) is 0 Å². The van der Waals surface area contributed by atoms with Crippen molar-refractivity contribution in [3.8, 4) is 17.2 Å². The lowest BCUT2D eigenvalue weighted by molar-refractivity contribution is -0.132. The van der Waals surface area contributed by atoms with Gasteiger partial charge in [0.05, 0.1) is 26.2 Å². The summed E-state index contributed by atoms with van der Waals surface area (Å²) in [5, 5.41) is 14.9. The number of thioether (sulfide) groups is 2. The third-order valence-electron chi connectivity index (χ3n) is 5.08. The van der Waals surface area contributed by atoms with Crippen molar-refractivity contribution < 1.29 is 23.8 Å². The Morgan fingerprint density at radius 2 is 1.68 bits per heavy atom. The van der Waals surface area contributed by atoms with Gasteiger partial charge in [-0.2, -0.15) is 5.10 Å². The first-order chi connectivity index (χ1) is 18.5. The highest BCUT2D eigenvalue weighted by Gasteiger charge is 2.16. The molecule has 0 saturated carbocycles. The molecule has 196 valence electrons. The Morgan fingerprint density at radius 1 is 1.00 bits per heavy atom. The SMILES string of the molecule is COc1cc(/C=N\NC(=O)CSc2nnc(SCc3cccc4ccccc34)s2)cc(OC)c1OC(C)=O. The molecule has 0 saturated heterocycles. The Balaban J connectivity index is 1.28. The van der Waals surface area contributed by atoms with Crippen LogP contribution in [0.25, 0.3) is 10.8 Å². The lowest BCUT2D eigenvalue weighted by Crippen LogP contribution is -2.19. The molecule has 1 aromatic heterocycles. The van der Waals surface area contributed by atoms with E-state index in [1.54, 1.807) is 23.9 Å². The molecular formula is C26H24N4O5S3. The quantitative estimate of drug-likeness (QED) is 0.0861. The molecule has 1 heterocycles. The number of amides is 1. The molecule has 38 heavy (non-hydrogen) atoms. The fraction of sp³-hybridized carbons (Fsp3) is 0.192. The van der Waals surface area contributed by atoms with Crippen molar-refractivity contribution in [2.24, 2.45) is 5.10 Å². The van der Waals surface area contributed by atoms with Gasteiger partial charge in [0.2, 0.25) is 5.75 Å². The first kappa shape index (κ1) is 27.4. The van der Waals surface area contributed by atoms with Gasteiger partial charge in [-0.3, -0.25) is 9.59 Å². The summed E-state index contributed by atoms with van der Waals surface area (Å²) in [6, 6.07) is 17.8. The molecule has 0 radical (unpaired) electrons. The Hall–Kier alpha value is -3.61. The Morgan fingerprint density at radius 3 is 2.39 bits per heavy atom. The summed E-state index contributed by atoms with van der Waals surface area (Å²) in [6.07, 6.45) is 1.44. The van der Waals surface area contributed by atoms with Crippen LogP contribution >= 0.6 is 34.9 Å². The zero-order chi connectivity index (χ0) is 26.9. The lowest BCUT2D eigenvalue weighted by atomic mass is 10.1. The lowest BCUT2D eigenvalue weighted by Gasteiger charge is -2.13. The number of carbonyl (C=O) groups excluding carboxylic acids is 2. The van der Waals surface area contributed by atoms with Gasteiger partial charge in [-0.1, -0.05) is 77.3 Å². The molecule has 9 nitrogen and oxygen atoms in total. The third kappa shape index (κ3) is 7.24. The van der Waals surface area contributed by atoms with E-state index in [0.717, 1.165) is 10.1 Å². The van der Waals surface area contributed by atoms with Crippen molar-refractivity contribution in [1.29, 1.82) is 0 Å². The summed E-state index contributed by atoms with van der Waals surface area (Å²) >= 11 is 4.38. The van der Waals surface area contributed by atoms with Crippen LogP contribution in [-0.4, -0.2) is 48.3 Å². The van der Waals surface area contributed by atoms with E-state index >= 15 is 0 Å². The molecule has 1 N–H and O–H groups in total. The van der Waals surface area contributed by atoms with Crippen molar-refractivity contribution in [2.75, 3.05) is 20.0 Å². The molecule has 1 amide bonds. The van der Waals surface area contributed by atoms with Gasteiger partial charge in [-0.05, 0) is 28.5 Å². The van der Waals surface area contributed by atoms with Crippen LogP contribution in [0.1, 0.15) is 18.1 Å². The van der Waals surface area contributed by atoms with Gasteiger partial charge in [0.1, 0.15) is 0 Å². The van der Waals surface area contributed by atoms with Crippen molar-refractivity contribution in [3.63, 3.8) is 0 Å². The van der Waals surface area contributed by atoms with E-state index in [9.17, 15) is 9.59 Å². The number of methoxy groups -OCH3 is 2. The maximum Gasteiger partial charge on any atom is 0.308 e. The minimum atomic E-state index is -0.501. The number of rotatable bonds is 11.